The summed E-state index contributed by atoms with van der Waals surface area (Å²) in [5, 5.41) is 19.4. The minimum atomic E-state index is 0.0404. The third-order valence-electron chi connectivity index (χ3n) is 4.54. The second-order valence-electron chi connectivity index (χ2n) is 6.45. The molecule has 1 unspecified atom stereocenters. The number of aryl methyl sites for hydroxylation is 2. The van der Waals surface area contributed by atoms with Gasteiger partial charge in [-0.05, 0) is 20.3 Å². The lowest BCUT2D eigenvalue weighted by Crippen LogP contribution is -2.21. The molecule has 3 heterocycles. The molecule has 0 bridgehead atoms. The van der Waals surface area contributed by atoms with Gasteiger partial charge in [0.05, 0.1) is 24.6 Å². The molecule has 25 heavy (non-hydrogen) atoms. The van der Waals surface area contributed by atoms with Crippen molar-refractivity contribution in [2.75, 3.05) is 43.6 Å². The molecule has 1 fully saturated rings. The normalized spacial score (nSPS) is 17.0. The lowest BCUT2D eigenvalue weighted by Gasteiger charge is -2.21. The molecule has 8 heteroatoms. The molecule has 3 N–H and O–H groups in total. The van der Waals surface area contributed by atoms with Crippen LogP contribution in [0.5, 0.6) is 0 Å². The average molecular weight is 346 g/mol. The zero-order chi connectivity index (χ0) is 17.8. The van der Waals surface area contributed by atoms with E-state index in [1.165, 1.54) is 5.56 Å². The fourth-order valence-electron chi connectivity index (χ4n) is 3.00. The molecule has 8 nitrogen and oxygen atoms in total. The number of hydrogen-bond acceptors (Lipinski definition) is 7. The summed E-state index contributed by atoms with van der Waals surface area (Å²) in [6, 6.07) is 2.04. The van der Waals surface area contributed by atoms with E-state index in [0.29, 0.717) is 31.6 Å². The number of aliphatic hydroxyl groups is 1. The summed E-state index contributed by atoms with van der Waals surface area (Å²) in [7, 11) is 2.01. The van der Waals surface area contributed by atoms with Crippen LogP contribution in [0.4, 0.5) is 11.8 Å². The third-order valence-corrected chi connectivity index (χ3v) is 4.54. The highest BCUT2D eigenvalue weighted by atomic mass is 16.5. The van der Waals surface area contributed by atoms with Crippen LogP contribution >= 0.6 is 0 Å². The zero-order valence-electron chi connectivity index (χ0n) is 15.0. The molecule has 1 aliphatic rings. The molecule has 0 aliphatic carbocycles. The van der Waals surface area contributed by atoms with Gasteiger partial charge in [-0.15, -0.1) is 0 Å². The van der Waals surface area contributed by atoms with Crippen molar-refractivity contribution in [1.82, 2.24) is 20.2 Å². The van der Waals surface area contributed by atoms with E-state index >= 15 is 0 Å². The number of nitrogens with one attached hydrogen (secondary N) is 2. The number of ether oxygens (including phenoxy) is 1. The van der Waals surface area contributed by atoms with Gasteiger partial charge in [-0.3, -0.25) is 5.10 Å². The molecular weight excluding hydrogens is 320 g/mol. The van der Waals surface area contributed by atoms with Gasteiger partial charge in [0.1, 0.15) is 5.82 Å². The highest BCUT2D eigenvalue weighted by Crippen LogP contribution is 2.27. The van der Waals surface area contributed by atoms with Gasteiger partial charge in [-0.1, -0.05) is 0 Å². The smallest absolute Gasteiger partial charge is 0.224 e. The topological polar surface area (TPSA) is 99.2 Å². The van der Waals surface area contributed by atoms with Gasteiger partial charge in [0.15, 0.2) is 0 Å². The standard InChI is InChI=1S/C17H26N6O2/c1-11-14(12(2)22-21-11)9-23(3)16-8-15(13-4-7-25-10-13)19-17(20-16)18-5-6-24/h8,13,24H,4-7,9-10H2,1-3H3,(H,21,22)(H,18,19,20). The Hall–Kier alpha value is -2.19. The van der Waals surface area contributed by atoms with E-state index in [9.17, 15) is 0 Å². The summed E-state index contributed by atoms with van der Waals surface area (Å²) >= 11 is 0. The van der Waals surface area contributed by atoms with Crippen LogP contribution in [0.2, 0.25) is 0 Å². The lowest BCUT2D eigenvalue weighted by atomic mass is 10.0. The van der Waals surface area contributed by atoms with Crippen LogP contribution in [-0.2, 0) is 11.3 Å². The zero-order valence-corrected chi connectivity index (χ0v) is 15.0. The number of aliphatic hydroxyl groups excluding tert-OH is 1. The summed E-state index contributed by atoms with van der Waals surface area (Å²) < 4.78 is 5.50. The summed E-state index contributed by atoms with van der Waals surface area (Å²) in [4.78, 5) is 11.3. The van der Waals surface area contributed by atoms with Crippen LogP contribution < -0.4 is 10.2 Å². The second-order valence-corrected chi connectivity index (χ2v) is 6.45. The van der Waals surface area contributed by atoms with Gasteiger partial charge >= 0.3 is 0 Å². The van der Waals surface area contributed by atoms with Gasteiger partial charge < -0.3 is 20.1 Å². The summed E-state index contributed by atoms with van der Waals surface area (Å²) in [6.07, 6.45) is 0.972. The van der Waals surface area contributed by atoms with Crippen LogP contribution in [0.3, 0.4) is 0 Å². The van der Waals surface area contributed by atoms with Gasteiger partial charge in [0.25, 0.3) is 0 Å². The molecule has 2 aromatic rings. The molecule has 0 saturated carbocycles. The van der Waals surface area contributed by atoms with Crippen LogP contribution in [0.25, 0.3) is 0 Å². The van der Waals surface area contributed by atoms with Crippen molar-refractivity contribution >= 4 is 11.8 Å². The highest BCUT2D eigenvalue weighted by molar-refractivity contribution is 5.46. The Morgan fingerprint density at radius 1 is 1.40 bits per heavy atom. The van der Waals surface area contributed by atoms with Crippen LogP contribution in [0.15, 0.2) is 6.07 Å². The number of nitrogens with zero attached hydrogens (tertiary/aromatic N) is 4. The van der Waals surface area contributed by atoms with E-state index in [1.807, 2.05) is 27.0 Å². The minimum absolute atomic E-state index is 0.0404. The molecule has 0 amide bonds. The van der Waals surface area contributed by atoms with Crippen molar-refractivity contribution in [1.29, 1.82) is 0 Å². The van der Waals surface area contributed by atoms with Crippen molar-refractivity contribution in [2.24, 2.45) is 0 Å². The van der Waals surface area contributed by atoms with E-state index in [0.717, 1.165) is 35.9 Å². The minimum Gasteiger partial charge on any atom is -0.395 e. The van der Waals surface area contributed by atoms with Crippen molar-refractivity contribution in [3.8, 4) is 0 Å². The highest BCUT2D eigenvalue weighted by Gasteiger charge is 2.22. The molecule has 1 saturated heterocycles. The maximum Gasteiger partial charge on any atom is 0.224 e. The van der Waals surface area contributed by atoms with Gasteiger partial charge in [0.2, 0.25) is 5.95 Å². The van der Waals surface area contributed by atoms with Crippen molar-refractivity contribution in [3.05, 3.63) is 28.7 Å². The van der Waals surface area contributed by atoms with Crippen molar-refractivity contribution in [3.63, 3.8) is 0 Å². The molecule has 1 atom stereocenters. The van der Waals surface area contributed by atoms with Crippen LogP contribution in [0.1, 0.15) is 35.0 Å². The van der Waals surface area contributed by atoms with Crippen LogP contribution in [-0.4, -0.2) is 58.7 Å². The fraction of sp³-hybridized carbons (Fsp3) is 0.588. The molecular formula is C17H26N6O2. The molecule has 3 rings (SSSR count). The summed E-state index contributed by atoms with van der Waals surface area (Å²) in [5.41, 5.74) is 4.23. The number of aromatic nitrogens is 4. The Bertz CT molecular complexity index is 692. The molecule has 0 spiro atoms. The van der Waals surface area contributed by atoms with E-state index in [1.54, 1.807) is 0 Å². The summed E-state index contributed by atoms with van der Waals surface area (Å²) in [5.74, 6) is 1.68. The average Bonchev–Trinajstić information content (AvgIpc) is 3.25. The van der Waals surface area contributed by atoms with Crippen molar-refractivity contribution < 1.29 is 9.84 Å². The molecule has 136 valence electrons. The number of anilines is 2. The van der Waals surface area contributed by atoms with Gasteiger partial charge in [-0.25, -0.2) is 4.98 Å². The number of hydrogen-bond donors (Lipinski definition) is 3. The number of H-pyrrole nitrogens is 1. The maximum atomic E-state index is 9.06. The Kier molecular flexibility index (Phi) is 5.50. The van der Waals surface area contributed by atoms with E-state index in [-0.39, 0.29) is 6.61 Å². The van der Waals surface area contributed by atoms with Crippen molar-refractivity contribution in [2.45, 2.75) is 32.7 Å². The van der Waals surface area contributed by atoms with E-state index < -0.39 is 0 Å². The first-order chi connectivity index (χ1) is 12.1. The third kappa shape index (κ3) is 4.08. The Morgan fingerprint density at radius 2 is 2.24 bits per heavy atom. The first-order valence-corrected chi connectivity index (χ1v) is 8.61. The first kappa shape index (κ1) is 17.6. The molecule has 0 radical (unpaired) electrons. The maximum absolute atomic E-state index is 9.06. The monoisotopic (exact) mass is 346 g/mol. The van der Waals surface area contributed by atoms with E-state index in [4.69, 9.17) is 9.84 Å². The number of aromatic amines is 1. The Balaban J connectivity index is 1.86. The fourth-order valence-corrected chi connectivity index (χ4v) is 3.00. The SMILES string of the molecule is Cc1n[nH]c(C)c1CN(C)c1cc(C2CCOC2)nc(NCCO)n1. The van der Waals surface area contributed by atoms with E-state index in [2.05, 4.69) is 30.4 Å². The molecule has 2 aromatic heterocycles. The first-order valence-electron chi connectivity index (χ1n) is 8.61. The molecule has 0 aromatic carbocycles. The lowest BCUT2D eigenvalue weighted by molar-refractivity contribution is 0.193. The van der Waals surface area contributed by atoms with Crippen LogP contribution in [0, 0.1) is 13.8 Å². The quantitative estimate of drug-likeness (QED) is 0.696. The Labute approximate surface area is 147 Å². The summed E-state index contributed by atoms with van der Waals surface area (Å²) in [6.45, 7) is 6.67. The van der Waals surface area contributed by atoms with Gasteiger partial charge in [-0.2, -0.15) is 10.1 Å². The number of rotatable bonds is 7. The largest absolute Gasteiger partial charge is 0.395 e. The molecule has 1 aliphatic heterocycles. The predicted octanol–water partition coefficient (Wildman–Crippen LogP) is 1.36. The second kappa shape index (κ2) is 7.79. The predicted molar refractivity (Wildman–Crippen MR) is 96.0 cm³/mol. The Morgan fingerprint density at radius 3 is 2.88 bits per heavy atom. The van der Waals surface area contributed by atoms with Gasteiger partial charge in [0, 0.05) is 50.0 Å².